The molecule has 5 nitrogen and oxygen atoms in total. The van der Waals surface area contributed by atoms with Crippen molar-refractivity contribution >= 4 is 46.2 Å². The number of thiophene rings is 1. The predicted octanol–water partition coefficient (Wildman–Crippen LogP) is 3.69. The summed E-state index contributed by atoms with van der Waals surface area (Å²) in [4.78, 5) is 24.3. The van der Waals surface area contributed by atoms with Gasteiger partial charge in [-0.1, -0.05) is 19.9 Å². The molecule has 0 saturated carbocycles. The fourth-order valence-electron chi connectivity index (χ4n) is 1.75. The topological polar surface area (TPSA) is 67.4 Å². The Morgan fingerprint density at radius 3 is 2.50 bits per heavy atom. The van der Waals surface area contributed by atoms with Crippen molar-refractivity contribution in [2.75, 3.05) is 11.9 Å². The predicted molar refractivity (Wildman–Crippen MR) is 99.6 cm³/mol. The van der Waals surface area contributed by atoms with Crippen LogP contribution >= 0.6 is 23.6 Å². The monoisotopic (exact) mass is 362 g/mol. The Morgan fingerprint density at radius 2 is 1.92 bits per heavy atom. The molecule has 0 bridgehead atoms. The van der Waals surface area contributed by atoms with Gasteiger partial charge in [0.05, 0.1) is 17.0 Å². The van der Waals surface area contributed by atoms with Crippen LogP contribution in [0.15, 0.2) is 41.8 Å². The van der Waals surface area contributed by atoms with Gasteiger partial charge in [0.15, 0.2) is 5.11 Å². The van der Waals surface area contributed by atoms with Crippen molar-refractivity contribution in [1.82, 2.24) is 5.32 Å². The van der Waals surface area contributed by atoms with E-state index in [-0.39, 0.29) is 17.0 Å². The zero-order valence-corrected chi connectivity index (χ0v) is 15.0. The molecule has 1 aromatic heterocycles. The van der Waals surface area contributed by atoms with Crippen molar-refractivity contribution < 1.29 is 14.3 Å². The van der Waals surface area contributed by atoms with E-state index in [2.05, 4.69) is 10.6 Å². The summed E-state index contributed by atoms with van der Waals surface area (Å²) < 4.78 is 5.16. The summed E-state index contributed by atoms with van der Waals surface area (Å²) in [5.41, 5.74) is 1.14. The van der Waals surface area contributed by atoms with Gasteiger partial charge in [0.25, 0.3) is 5.91 Å². The maximum atomic E-state index is 11.9. The number of hydrogen-bond donors (Lipinski definition) is 2. The van der Waals surface area contributed by atoms with E-state index >= 15 is 0 Å². The summed E-state index contributed by atoms with van der Waals surface area (Å²) in [5, 5.41) is 7.52. The Kier molecular flexibility index (Phi) is 6.45. The molecule has 0 aliphatic heterocycles. The normalized spacial score (nSPS) is 10.3. The molecule has 24 heavy (non-hydrogen) atoms. The van der Waals surface area contributed by atoms with Gasteiger partial charge < -0.3 is 10.1 Å². The summed E-state index contributed by atoms with van der Waals surface area (Å²) in [6, 6.07) is 10.2. The highest BCUT2D eigenvalue weighted by Crippen LogP contribution is 2.12. The maximum absolute atomic E-state index is 11.9. The quantitative estimate of drug-likeness (QED) is 0.627. The minimum atomic E-state index is -0.358. The highest BCUT2D eigenvalue weighted by molar-refractivity contribution is 7.80. The molecular weight excluding hydrogens is 344 g/mol. The molecule has 0 aliphatic rings. The SMILES string of the molecule is CC(C)COC(=O)c1ccc(NC(=S)NC(=O)c2cccs2)cc1. The standard InChI is InChI=1S/C17H18N2O3S2/c1-11(2)10-22-16(21)12-5-7-13(8-6-12)18-17(23)19-15(20)14-4-3-9-24-14/h3-9,11H,10H2,1-2H3,(H2,18,19,20,23). The second-order valence-corrected chi connectivity index (χ2v) is 6.81. The first-order valence-corrected chi connectivity index (χ1v) is 8.67. The highest BCUT2D eigenvalue weighted by atomic mass is 32.1. The smallest absolute Gasteiger partial charge is 0.338 e. The molecule has 2 N–H and O–H groups in total. The van der Waals surface area contributed by atoms with Crippen molar-refractivity contribution in [2.24, 2.45) is 5.92 Å². The lowest BCUT2D eigenvalue weighted by molar-refractivity contribution is 0.0459. The molecule has 1 amide bonds. The van der Waals surface area contributed by atoms with E-state index in [1.807, 2.05) is 19.2 Å². The van der Waals surface area contributed by atoms with Crippen LogP contribution in [-0.2, 0) is 4.74 Å². The fraction of sp³-hybridized carbons (Fsp3) is 0.235. The van der Waals surface area contributed by atoms with Crippen molar-refractivity contribution in [1.29, 1.82) is 0 Å². The van der Waals surface area contributed by atoms with Crippen molar-refractivity contribution in [3.8, 4) is 0 Å². The number of thiocarbonyl (C=S) groups is 1. The van der Waals surface area contributed by atoms with E-state index in [0.29, 0.717) is 28.7 Å². The van der Waals surface area contributed by atoms with Gasteiger partial charge in [-0.05, 0) is 53.8 Å². The number of hydrogen-bond acceptors (Lipinski definition) is 5. The molecule has 7 heteroatoms. The van der Waals surface area contributed by atoms with Gasteiger partial charge in [-0.25, -0.2) is 4.79 Å². The molecule has 0 atom stereocenters. The van der Waals surface area contributed by atoms with Gasteiger partial charge in [0.2, 0.25) is 0 Å². The first kappa shape index (κ1) is 18.1. The van der Waals surface area contributed by atoms with Crippen LogP contribution in [0, 0.1) is 5.92 Å². The Bertz CT molecular complexity index is 710. The van der Waals surface area contributed by atoms with Crippen LogP contribution in [0.2, 0.25) is 0 Å². The van der Waals surface area contributed by atoms with Crippen molar-refractivity contribution in [3.05, 3.63) is 52.2 Å². The molecule has 0 radical (unpaired) electrons. The second-order valence-electron chi connectivity index (χ2n) is 5.46. The first-order chi connectivity index (χ1) is 11.5. The Balaban J connectivity index is 1.88. The lowest BCUT2D eigenvalue weighted by Gasteiger charge is -2.10. The lowest BCUT2D eigenvalue weighted by Crippen LogP contribution is -2.33. The fourth-order valence-corrected chi connectivity index (χ4v) is 2.58. The summed E-state index contributed by atoms with van der Waals surface area (Å²) in [6.45, 7) is 4.34. The summed E-state index contributed by atoms with van der Waals surface area (Å²) in [6.07, 6.45) is 0. The van der Waals surface area contributed by atoms with E-state index in [0.717, 1.165) is 0 Å². The summed E-state index contributed by atoms with van der Waals surface area (Å²) >= 11 is 6.45. The number of amides is 1. The van der Waals surface area contributed by atoms with Crippen LogP contribution in [0.3, 0.4) is 0 Å². The number of carbonyl (C=O) groups excluding carboxylic acids is 2. The maximum Gasteiger partial charge on any atom is 0.338 e. The van der Waals surface area contributed by atoms with E-state index in [1.54, 1.807) is 36.4 Å². The van der Waals surface area contributed by atoms with Crippen LogP contribution < -0.4 is 10.6 Å². The molecule has 0 aliphatic carbocycles. The number of anilines is 1. The molecule has 1 heterocycles. The van der Waals surface area contributed by atoms with Gasteiger partial charge in [-0.3, -0.25) is 10.1 Å². The number of rotatable bonds is 5. The third-order valence-corrected chi connectivity index (χ3v) is 3.97. The zero-order chi connectivity index (χ0) is 17.5. The Labute approximate surface area is 150 Å². The third kappa shape index (κ3) is 5.43. The van der Waals surface area contributed by atoms with Crippen LogP contribution in [0.25, 0.3) is 0 Å². The molecule has 1 aromatic carbocycles. The molecule has 126 valence electrons. The molecule has 2 aromatic rings. The number of esters is 1. The van der Waals surface area contributed by atoms with Gasteiger partial charge in [0, 0.05) is 5.69 Å². The van der Waals surface area contributed by atoms with Crippen molar-refractivity contribution in [3.63, 3.8) is 0 Å². The number of carbonyl (C=O) groups is 2. The van der Waals surface area contributed by atoms with E-state index in [9.17, 15) is 9.59 Å². The Morgan fingerprint density at radius 1 is 1.21 bits per heavy atom. The zero-order valence-electron chi connectivity index (χ0n) is 13.4. The third-order valence-electron chi connectivity index (χ3n) is 2.90. The molecule has 0 unspecified atom stereocenters. The van der Waals surface area contributed by atoms with Crippen LogP contribution in [-0.4, -0.2) is 23.6 Å². The molecule has 2 rings (SSSR count). The van der Waals surface area contributed by atoms with Crippen molar-refractivity contribution in [2.45, 2.75) is 13.8 Å². The number of ether oxygens (including phenoxy) is 1. The summed E-state index contributed by atoms with van der Waals surface area (Å²) in [7, 11) is 0. The van der Waals surface area contributed by atoms with E-state index in [4.69, 9.17) is 17.0 Å². The minimum absolute atomic E-state index is 0.198. The number of benzene rings is 1. The van der Waals surface area contributed by atoms with Gasteiger partial charge in [-0.15, -0.1) is 11.3 Å². The van der Waals surface area contributed by atoms with Gasteiger partial charge in [-0.2, -0.15) is 0 Å². The second kappa shape index (κ2) is 8.56. The molecule has 0 spiro atoms. The van der Waals surface area contributed by atoms with Gasteiger partial charge in [0.1, 0.15) is 0 Å². The molecule has 0 fully saturated rings. The molecule has 0 saturated heterocycles. The summed E-state index contributed by atoms with van der Waals surface area (Å²) in [5.74, 6) is -0.320. The first-order valence-electron chi connectivity index (χ1n) is 7.38. The largest absolute Gasteiger partial charge is 0.462 e. The van der Waals surface area contributed by atoms with E-state index in [1.165, 1.54) is 11.3 Å². The van der Waals surface area contributed by atoms with Crippen LogP contribution in [0.1, 0.15) is 33.9 Å². The molecular formula is C17H18N2O3S2. The average Bonchev–Trinajstić information content (AvgIpc) is 3.07. The highest BCUT2D eigenvalue weighted by Gasteiger charge is 2.10. The minimum Gasteiger partial charge on any atom is -0.462 e. The Hall–Kier alpha value is -2.25. The van der Waals surface area contributed by atoms with Gasteiger partial charge >= 0.3 is 5.97 Å². The van der Waals surface area contributed by atoms with Crippen LogP contribution in [0.5, 0.6) is 0 Å². The van der Waals surface area contributed by atoms with Crippen LogP contribution in [0.4, 0.5) is 5.69 Å². The average molecular weight is 362 g/mol. The number of nitrogens with one attached hydrogen (secondary N) is 2. The lowest BCUT2D eigenvalue weighted by atomic mass is 10.2. The van der Waals surface area contributed by atoms with E-state index < -0.39 is 0 Å².